The van der Waals surface area contributed by atoms with Gasteiger partial charge < -0.3 is 10.6 Å². The molecule has 92 valence electrons. The molecule has 0 saturated heterocycles. The van der Waals surface area contributed by atoms with Gasteiger partial charge in [-0.2, -0.15) is 0 Å². The molecule has 0 atom stereocenters. The molecule has 2 rings (SSSR count). The van der Waals surface area contributed by atoms with Crippen molar-refractivity contribution < 1.29 is 4.92 Å². The Balaban J connectivity index is 2.29. The van der Waals surface area contributed by atoms with Gasteiger partial charge in [0.1, 0.15) is 5.82 Å². The molecule has 1 aromatic heterocycles. The Labute approximate surface area is 99.6 Å². The molecule has 0 aromatic carbocycles. The summed E-state index contributed by atoms with van der Waals surface area (Å²) in [7, 11) is 0. The topological polar surface area (TPSA) is 80.1 Å². The maximum Gasteiger partial charge on any atom is 0.311 e. The molecule has 1 fully saturated rings. The summed E-state index contributed by atoms with van der Waals surface area (Å²) in [6.07, 6.45) is 2.05. The molecular weight excluding hydrogens is 220 g/mol. The van der Waals surface area contributed by atoms with Crippen LogP contribution in [-0.4, -0.2) is 22.0 Å². The van der Waals surface area contributed by atoms with Gasteiger partial charge >= 0.3 is 5.69 Å². The van der Waals surface area contributed by atoms with Crippen LogP contribution < -0.4 is 10.6 Å². The molecule has 1 heterocycles. The van der Waals surface area contributed by atoms with Crippen LogP contribution >= 0.6 is 0 Å². The van der Waals surface area contributed by atoms with E-state index in [1.807, 2.05) is 13.8 Å². The van der Waals surface area contributed by atoms with Crippen molar-refractivity contribution in [2.24, 2.45) is 0 Å². The molecule has 1 aliphatic rings. The first kappa shape index (κ1) is 11.6. The van der Waals surface area contributed by atoms with Gasteiger partial charge in [0, 0.05) is 18.2 Å². The first-order valence-electron chi connectivity index (χ1n) is 5.71. The first-order chi connectivity index (χ1) is 8.04. The third-order valence-corrected chi connectivity index (χ3v) is 2.85. The molecule has 0 amide bonds. The second kappa shape index (κ2) is 4.20. The number of anilines is 2. The molecule has 17 heavy (non-hydrogen) atoms. The zero-order valence-corrected chi connectivity index (χ0v) is 9.99. The van der Waals surface area contributed by atoms with E-state index < -0.39 is 4.92 Å². The Hall–Kier alpha value is -1.85. The van der Waals surface area contributed by atoms with Gasteiger partial charge in [0.25, 0.3) is 0 Å². The van der Waals surface area contributed by atoms with E-state index in [2.05, 4.69) is 15.6 Å². The van der Waals surface area contributed by atoms with Crippen LogP contribution in [0.15, 0.2) is 12.1 Å². The number of nitrogens with one attached hydrogen (secondary N) is 2. The molecule has 0 aliphatic heterocycles. The number of nitro groups is 1. The van der Waals surface area contributed by atoms with E-state index in [1.165, 1.54) is 6.07 Å². The Bertz CT molecular complexity index is 443. The van der Waals surface area contributed by atoms with Gasteiger partial charge in [-0.05, 0) is 32.8 Å². The second-order valence-electron chi connectivity index (χ2n) is 4.54. The monoisotopic (exact) mass is 236 g/mol. The molecule has 1 saturated carbocycles. The van der Waals surface area contributed by atoms with Crippen LogP contribution in [0.1, 0.15) is 26.7 Å². The van der Waals surface area contributed by atoms with Crippen molar-refractivity contribution in [3.63, 3.8) is 0 Å². The zero-order chi connectivity index (χ0) is 12.5. The minimum Gasteiger partial charge on any atom is -0.370 e. The number of aromatic nitrogens is 1. The molecule has 6 nitrogen and oxygen atoms in total. The van der Waals surface area contributed by atoms with Crippen LogP contribution in [0.5, 0.6) is 0 Å². The van der Waals surface area contributed by atoms with Crippen molar-refractivity contribution >= 4 is 17.3 Å². The van der Waals surface area contributed by atoms with E-state index in [4.69, 9.17) is 0 Å². The molecule has 0 bridgehead atoms. The van der Waals surface area contributed by atoms with E-state index in [1.54, 1.807) is 6.07 Å². The van der Waals surface area contributed by atoms with Crippen molar-refractivity contribution in [2.75, 3.05) is 17.2 Å². The summed E-state index contributed by atoms with van der Waals surface area (Å²) in [6, 6.07) is 3.11. The molecular formula is C11H16N4O2. The lowest BCUT2D eigenvalue weighted by Gasteiger charge is -2.13. The Morgan fingerprint density at radius 3 is 2.76 bits per heavy atom. The van der Waals surface area contributed by atoms with E-state index in [0.29, 0.717) is 11.6 Å². The number of nitrogens with zero attached hydrogens (tertiary/aromatic N) is 2. The predicted molar refractivity (Wildman–Crippen MR) is 66.3 cm³/mol. The first-order valence-corrected chi connectivity index (χ1v) is 5.71. The number of rotatable bonds is 5. The summed E-state index contributed by atoms with van der Waals surface area (Å²) in [4.78, 5) is 14.7. The third-order valence-electron chi connectivity index (χ3n) is 2.85. The lowest BCUT2D eigenvalue weighted by atomic mass is 10.3. The number of pyridine rings is 1. The highest BCUT2D eigenvalue weighted by Gasteiger charge is 2.39. The standard InChI is InChI=1S/C11H16N4O2/c1-3-12-9-5-4-8(15(16)17)10(13-9)14-11(2)6-7-11/h4-5H,3,6-7H2,1-2H3,(H2,12,13,14). The third kappa shape index (κ3) is 2.64. The van der Waals surface area contributed by atoms with Gasteiger partial charge in [-0.3, -0.25) is 10.1 Å². The summed E-state index contributed by atoms with van der Waals surface area (Å²) in [5, 5.41) is 17.1. The summed E-state index contributed by atoms with van der Waals surface area (Å²) in [5.41, 5.74) is 0.00237. The number of hydrogen-bond donors (Lipinski definition) is 2. The maximum atomic E-state index is 10.9. The van der Waals surface area contributed by atoms with Gasteiger partial charge in [-0.1, -0.05) is 0 Å². The summed E-state index contributed by atoms with van der Waals surface area (Å²) in [5.74, 6) is 1.01. The van der Waals surface area contributed by atoms with Crippen LogP contribution in [0.25, 0.3) is 0 Å². The quantitative estimate of drug-likeness (QED) is 0.606. The van der Waals surface area contributed by atoms with Crippen molar-refractivity contribution in [1.29, 1.82) is 0 Å². The normalized spacial score (nSPS) is 16.4. The SMILES string of the molecule is CCNc1ccc([N+](=O)[O-])c(NC2(C)CC2)n1. The van der Waals surface area contributed by atoms with Gasteiger partial charge in [0.05, 0.1) is 4.92 Å². The van der Waals surface area contributed by atoms with Gasteiger partial charge in [-0.25, -0.2) is 4.98 Å². The van der Waals surface area contributed by atoms with Gasteiger partial charge in [0.15, 0.2) is 0 Å². The van der Waals surface area contributed by atoms with Crippen LogP contribution in [0, 0.1) is 10.1 Å². The Morgan fingerprint density at radius 1 is 1.53 bits per heavy atom. The highest BCUT2D eigenvalue weighted by atomic mass is 16.6. The molecule has 0 radical (unpaired) electrons. The lowest BCUT2D eigenvalue weighted by Crippen LogP contribution is -2.18. The van der Waals surface area contributed by atoms with E-state index in [9.17, 15) is 10.1 Å². The molecule has 0 spiro atoms. The Morgan fingerprint density at radius 2 is 2.24 bits per heavy atom. The lowest BCUT2D eigenvalue weighted by molar-refractivity contribution is -0.384. The van der Waals surface area contributed by atoms with E-state index >= 15 is 0 Å². The zero-order valence-electron chi connectivity index (χ0n) is 9.99. The van der Waals surface area contributed by atoms with Crippen LogP contribution in [0.3, 0.4) is 0 Å². The van der Waals surface area contributed by atoms with Crippen molar-refractivity contribution in [3.8, 4) is 0 Å². The fourth-order valence-corrected chi connectivity index (χ4v) is 1.57. The van der Waals surface area contributed by atoms with Gasteiger partial charge in [-0.15, -0.1) is 0 Å². The fraction of sp³-hybridized carbons (Fsp3) is 0.545. The Kier molecular flexibility index (Phi) is 2.87. The maximum absolute atomic E-state index is 10.9. The van der Waals surface area contributed by atoms with Crippen molar-refractivity contribution in [3.05, 3.63) is 22.2 Å². The predicted octanol–water partition coefficient (Wildman–Crippen LogP) is 2.39. The second-order valence-corrected chi connectivity index (χ2v) is 4.54. The van der Waals surface area contributed by atoms with Crippen LogP contribution in [-0.2, 0) is 0 Å². The minimum absolute atomic E-state index is 0.0252. The molecule has 1 aromatic rings. The molecule has 2 N–H and O–H groups in total. The summed E-state index contributed by atoms with van der Waals surface area (Å²) < 4.78 is 0. The van der Waals surface area contributed by atoms with Crippen molar-refractivity contribution in [1.82, 2.24) is 4.98 Å². The van der Waals surface area contributed by atoms with Crippen molar-refractivity contribution in [2.45, 2.75) is 32.2 Å². The molecule has 6 heteroatoms. The number of hydrogen-bond acceptors (Lipinski definition) is 5. The molecule has 0 unspecified atom stereocenters. The highest BCUT2D eigenvalue weighted by molar-refractivity contribution is 5.61. The van der Waals surface area contributed by atoms with E-state index in [-0.39, 0.29) is 11.2 Å². The fourth-order valence-electron chi connectivity index (χ4n) is 1.57. The van der Waals surface area contributed by atoms with Crippen LogP contribution in [0.2, 0.25) is 0 Å². The van der Waals surface area contributed by atoms with Gasteiger partial charge in [0.2, 0.25) is 5.82 Å². The summed E-state index contributed by atoms with van der Waals surface area (Å²) in [6.45, 7) is 4.73. The average Bonchev–Trinajstić information content (AvgIpc) is 2.96. The largest absolute Gasteiger partial charge is 0.370 e. The van der Waals surface area contributed by atoms with Crippen LogP contribution in [0.4, 0.5) is 17.3 Å². The molecule has 1 aliphatic carbocycles. The smallest absolute Gasteiger partial charge is 0.311 e. The average molecular weight is 236 g/mol. The highest BCUT2D eigenvalue weighted by Crippen LogP contribution is 2.39. The van der Waals surface area contributed by atoms with E-state index in [0.717, 1.165) is 19.4 Å². The minimum atomic E-state index is -0.406. The summed E-state index contributed by atoms with van der Waals surface area (Å²) >= 11 is 0.